The Morgan fingerprint density at radius 3 is 2.81 bits per heavy atom. The molecule has 1 saturated heterocycles. The highest BCUT2D eigenvalue weighted by Crippen LogP contribution is 2.24. The number of nitrogens with one attached hydrogen (secondary N) is 1. The molecule has 0 radical (unpaired) electrons. The summed E-state index contributed by atoms with van der Waals surface area (Å²) in [5.74, 6) is 0. The van der Waals surface area contributed by atoms with Crippen molar-refractivity contribution in [2.24, 2.45) is 0 Å². The van der Waals surface area contributed by atoms with Gasteiger partial charge in [0.2, 0.25) is 0 Å². The minimum atomic E-state index is -0.872. The predicted molar refractivity (Wildman–Crippen MR) is 60.1 cm³/mol. The van der Waals surface area contributed by atoms with Gasteiger partial charge in [-0.15, -0.1) is 5.10 Å². The summed E-state index contributed by atoms with van der Waals surface area (Å²) in [6, 6.07) is -0.162. The number of piperidine rings is 1. The number of hydrogen-bond donors (Lipinski definition) is 1. The number of aromatic nitrogens is 3. The Morgan fingerprint density at radius 2 is 2.25 bits per heavy atom. The van der Waals surface area contributed by atoms with Crippen LogP contribution in [0.1, 0.15) is 38.9 Å². The van der Waals surface area contributed by atoms with Crippen LogP contribution in [0.15, 0.2) is 6.20 Å². The van der Waals surface area contributed by atoms with Crippen molar-refractivity contribution in [3.8, 4) is 0 Å². The van der Waals surface area contributed by atoms with Crippen LogP contribution >= 0.6 is 0 Å². The molecule has 2 heterocycles. The molecule has 5 heteroatoms. The van der Waals surface area contributed by atoms with Gasteiger partial charge in [-0.3, -0.25) is 0 Å². The van der Waals surface area contributed by atoms with E-state index >= 15 is 0 Å². The van der Waals surface area contributed by atoms with E-state index in [2.05, 4.69) is 36.4 Å². The number of alkyl halides is 1. The summed E-state index contributed by atoms with van der Waals surface area (Å²) in [6.07, 6.45) is 1.78. The molecule has 1 aromatic heterocycles. The fourth-order valence-corrected chi connectivity index (χ4v) is 1.89. The first kappa shape index (κ1) is 11.5. The van der Waals surface area contributed by atoms with Crippen LogP contribution < -0.4 is 5.32 Å². The van der Waals surface area contributed by atoms with E-state index in [1.807, 2.05) is 6.20 Å². The van der Waals surface area contributed by atoms with Crippen molar-refractivity contribution in [1.29, 1.82) is 0 Å². The van der Waals surface area contributed by atoms with Crippen molar-refractivity contribution in [3.63, 3.8) is 0 Å². The molecule has 1 fully saturated rings. The molecule has 0 saturated carbocycles. The Hall–Kier alpha value is -0.970. The van der Waals surface area contributed by atoms with Crippen LogP contribution in [-0.2, 0) is 5.41 Å². The van der Waals surface area contributed by atoms with Crippen LogP contribution in [0.3, 0.4) is 0 Å². The lowest BCUT2D eigenvalue weighted by Crippen LogP contribution is -2.39. The monoisotopic (exact) mass is 226 g/mol. The highest BCUT2D eigenvalue weighted by Gasteiger charge is 2.28. The molecule has 1 aliphatic heterocycles. The van der Waals surface area contributed by atoms with Crippen LogP contribution in [0.5, 0.6) is 0 Å². The van der Waals surface area contributed by atoms with Gasteiger partial charge >= 0.3 is 0 Å². The van der Waals surface area contributed by atoms with Crippen molar-refractivity contribution in [2.75, 3.05) is 13.1 Å². The zero-order valence-electron chi connectivity index (χ0n) is 10.1. The molecule has 0 bridgehead atoms. The molecule has 1 unspecified atom stereocenters. The fourth-order valence-electron chi connectivity index (χ4n) is 1.89. The van der Waals surface area contributed by atoms with Gasteiger partial charge in [0.15, 0.2) is 0 Å². The van der Waals surface area contributed by atoms with Crippen LogP contribution in [-0.4, -0.2) is 34.3 Å². The first-order valence-electron chi connectivity index (χ1n) is 5.75. The number of nitrogens with zero attached hydrogens (tertiary/aromatic N) is 3. The Balaban J connectivity index is 2.18. The second kappa shape index (κ2) is 4.13. The number of hydrogen-bond acceptors (Lipinski definition) is 3. The van der Waals surface area contributed by atoms with Gasteiger partial charge in [-0.05, 0) is 13.0 Å². The average Bonchev–Trinajstić information content (AvgIpc) is 2.66. The van der Waals surface area contributed by atoms with Crippen molar-refractivity contribution in [2.45, 2.75) is 44.8 Å². The molecule has 1 N–H and O–H groups in total. The first-order valence-corrected chi connectivity index (χ1v) is 5.75. The summed E-state index contributed by atoms with van der Waals surface area (Å²) in [4.78, 5) is 0. The molecule has 90 valence electrons. The lowest BCUT2D eigenvalue weighted by atomic mass is 9.93. The molecular weight excluding hydrogens is 207 g/mol. The quantitative estimate of drug-likeness (QED) is 0.788. The third-order valence-corrected chi connectivity index (χ3v) is 2.99. The minimum absolute atomic E-state index is 0.0308. The van der Waals surface area contributed by atoms with Gasteiger partial charge in [-0.25, -0.2) is 9.07 Å². The predicted octanol–water partition coefficient (Wildman–Crippen LogP) is 1.45. The van der Waals surface area contributed by atoms with Crippen LogP contribution in [0.4, 0.5) is 4.39 Å². The lowest BCUT2D eigenvalue weighted by molar-refractivity contribution is 0.171. The van der Waals surface area contributed by atoms with Gasteiger partial charge < -0.3 is 5.32 Å². The maximum atomic E-state index is 13.7. The molecule has 1 aliphatic rings. The second-order valence-corrected chi connectivity index (χ2v) is 5.41. The molecule has 0 spiro atoms. The summed E-state index contributed by atoms with van der Waals surface area (Å²) in [6.45, 7) is 7.50. The van der Waals surface area contributed by atoms with E-state index in [1.165, 1.54) is 0 Å². The fraction of sp³-hybridized carbons (Fsp3) is 0.818. The van der Waals surface area contributed by atoms with Gasteiger partial charge in [-0.1, -0.05) is 26.0 Å². The average molecular weight is 226 g/mol. The Labute approximate surface area is 95.2 Å². The molecule has 1 aromatic rings. The first-order chi connectivity index (χ1) is 7.48. The maximum Gasteiger partial charge on any atom is 0.135 e. The molecular formula is C11H19FN4. The van der Waals surface area contributed by atoms with E-state index in [1.54, 1.807) is 4.68 Å². The highest BCUT2D eigenvalue weighted by molar-refractivity contribution is 5.07. The summed E-state index contributed by atoms with van der Waals surface area (Å²) in [7, 11) is 0. The topological polar surface area (TPSA) is 42.7 Å². The summed E-state index contributed by atoms with van der Waals surface area (Å²) in [5.41, 5.74) is 0.884. The minimum Gasteiger partial charge on any atom is -0.314 e. The molecule has 4 nitrogen and oxygen atoms in total. The van der Waals surface area contributed by atoms with E-state index in [-0.39, 0.29) is 11.5 Å². The third-order valence-electron chi connectivity index (χ3n) is 2.99. The van der Waals surface area contributed by atoms with Gasteiger partial charge in [0.1, 0.15) is 6.17 Å². The van der Waals surface area contributed by atoms with Crippen LogP contribution in [0.25, 0.3) is 0 Å². The zero-order chi connectivity index (χ0) is 11.8. The third kappa shape index (κ3) is 2.24. The van der Waals surface area contributed by atoms with Gasteiger partial charge in [0.25, 0.3) is 0 Å². The Morgan fingerprint density at radius 1 is 1.50 bits per heavy atom. The largest absolute Gasteiger partial charge is 0.314 e. The maximum absolute atomic E-state index is 13.7. The molecule has 0 aromatic carbocycles. The second-order valence-electron chi connectivity index (χ2n) is 5.41. The molecule has 2 rings (SSSR count). The van der Waals surface area contributed by atoms with Gasteiger partial charge in [-0.2, -0.15) is 0 Å². The normalized spacial score (nSPS) is 27.0. The van der Waals surface area contributed by atoms with Gasteiger partial charge in [0.05, 0.1) is 11.7 Å². The lowest BCUT2D eigenvalue weighted by Gasteiger charge is -2.26. The van der Waals surface area contributed by atoms with Crippen LogP contribution in [0.2, 0.25) is 0 Å². The summed E-state index contributed by atoms with van der Waals surface area (Å²) in [5, 5.41) is 11.2. The molecule has 2 atom stereocenters. The molecule has 16 heavy (non-hydrogen) atoms. The smallest absolute Gasteiger partial charge is 0.135 e. The van der Waals surface area contributed by atoms with Crippen LogP contribution in [0, 0.1) is 0 Å². The Bertz CT molecular complexity index is 355. The highest BCUT2D eigenvalue weighted by atomic mass is 19.1. The van der Waals surface area contributed by atoms with E-state index in [0.717, 1.165) is 18.7 Å². The number of halogens is 1. The van der Waals surface area contributed by atoms with E-state index in [9.17, 15) is 4.39 Å². The van der Waals surface area contributed by atoms with Crippen molar-refractivity contribution < 1.29 is 4.39 Å². The SMILES string of the molecule is CC(C)(C)c1cn(C2CCNC[C@@H]2F)nn1. The summed E-state index contributed by atoms with van der Waals surface area (Å²) < 4.78 is 15.4. The van der Waals surface area contributed by atoms with Crippen molar-refractivity contribution >= 4 is 0 Å². The molecule has 0 amide bonds. The zero-order valence-corrected chi connectivity index (χ0v) is 10.1. The summed E-state index contributed by atoms with van der Waals surface area (Å²) >= 11 is 0. The van der Waals surface area contributed by atoms with Gasteiger partial charge in [0, 0.05) is 18.2 Å². The standard InChI is InChI=1S/C11H19FN4/c1-11(2,3)10-7-16(15-14-10)9-4-5-13-6-8(9)12/h7-9,13H,4-6H2,1-3H3/t8-,9?/m0/s1. The van der Waals surface area contributed by atoms with Crippen molar-refractivity contribution in [3.05, 3.63) is 11.9 Å². The van der Waals surface area contributed by atoms with E-state index in [4.69, 9.17) is 0 Å². The Kier molecular flexibility index (Phi) is 2.97. The van der Waals surface area contributed by atoms with Crippen molar-refractivity contribution in [1.82, 2.24) is 20.3 Å². The van der Waals surface area contributed by atoms with E-state index < -0.39 is 6.17 Å². The molecule has 0 aliphatic carbocycles. The van der Waals surface area contributed by atoms with E-state index in [0.29, 0.717) is 6.54 Å². The number of rotatable bonds is 1.